The van der Waals surface area contributed by atoms with Gasteiger partial charge in [-0.05, 0) is 18.2 Å². The Labute approximate surface area is 122 Å². The van der Waals surface area contributed by atoms with Crippen molar-refractivity contribution >= 4 is 11.2 Å². The highest BCUT2D eigenvalue weighted by Crippen LogP contribution is 2.21. The van der Waals surface area contributed by atoms with E-state index < -0.39 is 0 Å². The Bertz CT molecular complexity index is 752. The van der Waals surface area contributed by atoms with E-state index in [9.17, 15) is 5.11 Å². The molecule has 21 heavy (non-hydrogen) atoms. The summed E-state index contributed by atoms with van der Waals surface area (Å²) >= 11 is 0. The van der Waals surface area contributed by atoms with Gasteiger partial charge in [0.15, 0.2) is 5.65 Å². The Hall–Kier alpha value is -2.40. The zero-order valence-corrected chi connectivity index (χ0v) is 11.9. The number of pyridine rings is 1. The summed E-state index contributed by atoms with van der Waals surface area (Å²) in [6.45, 7) is 1.14. The molecule has 0 amide bonds. The number of methoxy groups -OCH3 is 1. The Morgan fingerprint density at radius 1 is 1.19 bits per heavy atom. The number of hydrogen-bond donors (Lipinski definition) is 1. The van der Waals surface area contributed by atoms with Crippen LogP contribution in [0.4, 0.5) is 0 Å². The van der Waals surface area contributed by atoms with Crippen molar-refractivity contribution < 1.29 is 9.84 Å². The van der Waals surface area contributed by atoms with Crippen molar-refractivity contribution in [3.63, 3.8) is 0 Å². The van der Waals surface area contributed by atoms with Crippen molar-refractivity contribution in [2.75, 3.05) is 13.7 Å². The van der Waals surface area contributed by atoms with Crippen molar-refractivity contribution in [1.29, 1.82) is 0 Å². The van der Waals surface area contributed by atoms with Gasteiger partial charge in [-0.15, -0.1) is 0 Å². The third-order valence-corrected chi connectivity index (χ3v) is 3.43. The lowest BCUT2D eigenvalue weighted by Crippen LogP contribution is -2.08. The molecule has 0 saturated carbocycles. The van der Waals surface area contributed by atoms with Crippen LogP contribution >= 0.6 is 0 Å². The van der Waals surface area contributed by atoms with Gasteiger partial charge in [0.2, 0.25) is 0 Å². The van der Waals surface area contributed by atoms with Gasteiger partial charge in [0.05, 0.1) is 13.2 Å². The van der Waals surface area contributed by atoms with E-state index in [0.29, 0.717) is 19.6 Å². The Morgan fingerprint density at radius 3 is 2.86 bits per heavy atom. The molecule has 108 valence electrons. The second kappa shape index (κ2) is 5.93. The zero-order chi connectivity index (χ0) is 14.7. The Morgan fingerprint density at radius 2 is 2.05 bits per heavy atom. The molecule has 0 fully saturated rings. The van der Waals surface area contributed by atoms with Crippen LogP contribution in [0.1, 0.15) is 11.4 Å². The van der Waals surface area contributed by atoms with Gasteiger partial charge in [0.1, 0.15) is 17.1 Å². The first-order valence-electron chi connectivity index (χ1n) is 6.85. The minimum absolute atomic E-state index is 0.285. The summed E-state index contributed by atoms with van der Waals surface area (Å²) in [6, 6.07) is 11.1. The Balaban J connectivity index is 2.04. The van der Waals surface area contributed by atoms with Crippen LogP contribution in [0.2, 0.25) is 0 Å². The number of aromatic hydroxyl groups is 1. The molecule has 0 bridgehead atoms. The van der Waals surface area contributed by atoms with Crippen LogP contribution in [-0.4, -0.2) is 33.4 Å². The molecular formula is C16H17N3O2. The van der Waals surface area contributed by atoms with Crippen molar-refractivity contribution in [3.05, 3.63) is 54.0 Å². The molecule has 3 rings (SSSR count). The van der Waals surface area contributed by atoms with Gasteiger partial charge in [-0.1, -0.05) is 18.2 Å². The maximum atomic E-state index is 9.97. The monoisotopic (exact) mass is 283 g/mol. The maximum absolute atomic E-state index is 9.97. The molecule has 2 aromatic heterocycles. The quantitative estimate of drug-likeness (QED) is 0.781. The molecule has 0 spiro atoms. The van der Waals surface area contributed by atoms with Crippen LogP contribution in [0.3, 0.4) is 0 Å². The smallest absolute Gasteiger partial charge is 0.160 e. The summed E-state index contributed by atoms with van der Waals surface area (Å²) in [5, 5.41) is 9.97. The molecule has 0 radical (unpaired) electrons. The number of phenolic OH excluding ortho intramolecular Hbond substituents is 1. The first-order chi connectivity index (χ1) is 10.3. The van der Waals surface area contributed by atoms with Gasteiger partial charge in [-0.25, -0.2) is 9.97 Å². The van der Waals surface area contributed by atoms with Crippen LogP contribution in [-0.2, 0) is 17.7 Å². The fourth-order valence-electron chi connectivity index (χ4n) is 2.37. The Kier molecular flexibility index (Phi) is 3.83. The highest BCUT2D eigenvalue weighted by Gasteiger charge is 2.13. The van der Waals surface area contributed by atoms with Crippen LogP contribution in [0, 0.1) is 0 Å². The molecule has 0 atom stereocenters. The fraction of sp³-hybridized carbons (Fsp3) is 0.250. The maximum Gasteiger partial charge on any atom is 0.160 e. The van der Waals surface area contributed by atoms with Crippen LogP contribution in [0.5, 0.6) is 5.75 Å². The molecular weight excluding hydrogens is 266 g/mol. The molecule has 5 nitrogen and oxygen atoms in total. The minimum atomic E-state index is 0.285. The zero-order valence-electron chi connectivity index (χ0n) is 11.9. The van der Waals surface area contributed by atoms with E-state index in [1.807, 2.05) is 34.9 Å². The molecule has 5 heteroatoms. The van der Waals surface area contributed by atoms with Gasteiger partial charge in [-0.3, -0.25) is 0 Å². The number of benzene rings is 1. The lowest BCUT2D eigenvalue weighted by atomic mass is 10.2. The van der Waals surface area contributed by atoms with E-state index >= 15 is 0 Å². The largest absolute Gasteiger partial charge is 0.508 e. The molecule has 1 aromatic carbocycles. The lowest BCUT2D eigenvalue weighted by molar-refractivity contribution is 0.200. The van der Waals surface area contributed by atoms with Crippen molar-refractivity contribution in [3.8, 4) is 5.75 Å². The summed E-state index contributed by atoms with van der Waals surface area (Å²) in [5.74, 6) is 1.20. The van der Waals surface area contributed by atoms with Crippen LogP contribution in [0.25, 0.3) is 11.2 Å². The topological polar surface area (TPSA) is 60.2 Å². The van der Waals surface area contributed by atoms with Gasteiger partial charge >= 0.3 is 0 Å². The third-order valence-electron chi connectivity index (χ3n) is 3.43. The van der Waals surface area contributed by atoms with E-state index in [2.05, 4.69) is 9.97 Å². The second-order valence-corrected chi connectivity index (χ2v) is 4.83. The van der Waals surface area contributed by atoms with Crippen molar-refractivity contribution in [2.24, 2.45) is 0 Å². The number of hydrogen-bond acceptors (Lipinski definition) is 4. The number of fused-ring (bicyclic) bond motifs is 1. The number of imidazole rings is 1. The van der Waals surface area contributed by atoms with E-state index in [1.165, 1.54) is 0 Å². The normalized spacial score (nSPS) is 11.1. The number of phenols is 1. The summed E-state index contributed by atoms with van der Waals surface area (Å²) in [7, 11) is 1.67. The van der Waals surface area contributed by atoms with E-state index in [1.54, 1.807) is 19.4 Å². The number of para-hydroxylation sites is 1. The number of aromatic nitrogens is 3. The lowest BCUT2D eigenvalue weighted by Gasteiger charge is -2.10. The highest BCUT2D eigenvalue weighted by atomic mass is 16.5. The third kappa shape index (κ3) is 2.73. The van der Waals surface area contributed by atoms with E-state index in [4.69, 9.17) is 4.74 Å². The summed E-state index contributed by atoms with van der Waals surface area (Å²) in [4.78, 5) is 9.03. The molecule has 1 N–H and O–H groups in total. The predicted molar refractivity (Wildman–Crippen MR) is 80.3 cm³/mol. The van der Waals surface area contributed by atoms with E-state index in [-0.39, 0.29) is 5.75 Å². The summed E-state index contributed by atoms with van der Waals surface area (Å²) < 4.78 is 7.18. The van der Waals surface area contributed by atoms with Crippen molar-refractivity contribution in [1.82, 2.24) is 14.5 Å². The standard InChI is InChI=1S/C16H17N3O2/c1-21-10-8-15-18-13-6-4-9-17-16(13)19(15)11-12-5-2-3-7-14(12)20/h2-7,9,20H,8,10-11H2,1H3. The molecule has 0 saturated heterocycles. The van der Waals surface area contributed by atoms with Crippen molar-refractivity contribution in [2.45, 2.75) is 13.0 Å². The first kappa shape index (κ1) is 13.6. The van der Waals surface area contributed by atoms with Gasteiger partial charge in [-0.2, -0.15) is 0 Å². The average molecular weight is 283 g/mol. The van der Waals surface area contributed by atoms with Crippen LogP contribution < -0.4 is 0 Å². The van der Waals surface area contributed by atoms with Gasteiger partial charge in [0.25, 0.3) is 0 Å². The number of rotatable bonds is 5. The SMILES string of the molecule is COCCc1nc2cccnc2n1Cc1ccccc1O. The van der Waals surface area contributed by atoms with Crippen LogP contribution in [0.15, 0.2) is 42.6 Å². The number of nitrogens with zero attached hydrogens (tertiary/aromatic N) is 3. The van der Waals surface area contributed by atoms with Gasteiger partial charge in [0, 0.05) is 25.3 Å². The minimum Gasteiger partial charge on any atom is -0.508 e. The van der Waals surface area contributed by atoms with Gasteiger partial charge < -0.3 is 14.4 Å². The molecule has 0 aliphatic rings. The molecule has 2 heterocycles. The predicted octanol–water partition coefficient (Wildman–Crippen LogP) is 2.37. The molecule has 0 unspecified atom stereocenters. The second-order valence-electron chi connectivity index (χ2n) is 4.83. The molecule has 3 aromatic rings. The molecule has 0 aliphatic heterocycles. The number of ether oxygens (including phenoxy) is 1. The van der Waals surface area contributed by atoms with E-state index in [0.717, 1.165) is 22.6 Å². The summed E-state index contributed by atoms with van der Waals surface area (Å²) in [5.41, 5.74) is 2.53. The highest BCUT2D eigenvalue weighted by molar-refractivity contribution is 5.71. The fourth-order valence-corrected chi connectivity index (χ4v) is 2.37. The summed E-state index contributed by atoms with van der Waals surface area (Å²) in [6.07, 6.45) is 2.46. The molecule has 0 aliphatic carbocycles. The first-order valence-corrected chi connectivity index (χ1v) is 6.85. The average Bonchev–Trinajstić information content (AvgIpc) is 2.85.